The molecule has 0 unspecified atom stereocenters. The average Bonchev–Trinajstić information content (AvgIpc) is 3.04. The van der Waals surface area contributed by atoms with Crippen LogP contribution in [0.4, 0.5) is 0 Å². The van der Waals surface area contributed by atoms with Crippen LogP contribution in [0.15, 0.2) is 36.8 Å². The third-order valence-corrected chi connectivity index (χ3v) is 3.33. The lowest BCUT2D eigenvalue weighted by atomic mass is 10.1. The van der Waals surface area contributed by atoms with Gasteiger partial charge in [0, 0.05) is 23.6 Å². The summed E-state index contributed by atoms with van der Waals surface area (Å²) in [5.41, 5.74) is 2.52. The normalized spacial score (nSPS) is 11.2. The van der Waals surface area contributed by atoms with Crippen molar-refractivity contribution in [1.82, 2.24) is 25.1 Å². The second kappa shape index (κ2) is 5.24. The third kappa shape index (κ3) is 2.37. The van der Waals surface area contributed by atoms with E-state index >= 15 is 0 Å². The van der Waals surface area contributed by atoms with Gasteiger partial charge < -0.3 is 14.9 Å². The van der Waals surface area contributed by atoms with Crippen molar-refractivity contribution in [1.29, 1.82) is 0 Å². The number of benzene rings is 1. The molecule has 0 aliphatic carbocycles. The average molecular weight is 255 g/mol. The van der Waals surface area contributed by atoms with E-state index < -0.39 is 0 Å². The molecule has 0 aliphatic heterocycles. The molecule has 2 aromatic heterocycles. The first-order chi connectivity index (χ1) is 9.38. The molecule has 19 heavy (non-hydrogen) atoms. The maximum Gasteiger partial charge on any atom is 0.146 e. The van der Waals surface area contributed by atoms with E-state index in [0.29, 0.717) is 0 Å². The van der Waals surface area contributed by atoms with Crippen molar-refractivity contribution in [3.63, 3.8) is 0 Å². The summed E-state index contributed by atoms with van der Waals surface area (Å²) in [5, 5.41) is 12.5. The lowest BCUT2D eigenvalue weighted by Gasteiger charge is -2.05. The van der Waals surface area contributed by atoms with Crippen molar-refractivity contribution in [3.05, 3.63) is 48.2 Å². The van der Waals surface area contributed by atoms with Crippen molar-refractivity contribution < 1.29 is 0 Å². The van der Waals surface area contributed by atoms with Crippen LogP contribution >= 0.6 is 0 Å². The van der Waals surface area contributed by atoms with Gasteiger partial charge >= 0.3 is 0 Å². The Hall–Kier alpha value is -2.14. The topological polar surface area (TPSA) is 58.5 Å². The highest BCUT2D eigenvalue weighted by atomic mass is 15.3. The Bertz CT molecular complexity index is 667. The molecule has 0 aliphatic rings. The summed E-state index contributed by atoms with van der Waals surface area (Å²) in [6.07, 6.45) is 4.85. The SMILES string of the molecule is CNCc1nncn1CCc1c[nH]c2ccccc12. The van der Waals surface area contributed by atoms with Crippen molar-refractivity contribution in [2.24, 2.45) is 0 Å². The van der Waals surface area contributed by atoms with E-state index in [4.69, 9.17) is 0 Å². The molecular formula is C14H17N5. The van der Waals surface area contributed by atoms with Crippen LogP contribution in [0.25, 0.3) is 10.9 Å². The lowest BCUT2D eigenvalue weighted by Crippen LogP contribution is -2.13. The lowest BCUT2D eigenvalue weighted by molar-refractivity contribution is 0.626. The molecule has 98 valence electrons. The number of nitrogens with one attached hydrogen (secondary N) is 2. The van der Waals surface area contributed by atoms with Crippen LogP contribution in [0.5, 0.6) is 0 Å². The monoisotopic (exact) mass is 255 g/mol. The fourth-order valence-corrected chi connectivity index (χ4v) is 2.34. The van der Waals surface area contributed by atoms with Gasteiger partial charge in [0.1, 0.15) is 12.2 Å². The van der Waals surface area contributed by atoms with Crippen molar-refractivity contribution >= 4 is 10.9 Å². The molecular weight excluding hydrogens is 238 g/mol. The fourth-order valence-electron chi connectivity index (χ4n) is 2.34. The molecule has 0 spiro atoms. The molecule has 0 radical (unpaired) electrons. The van der Waals surface area contributed by atoms with Crippen LogP contribution in [0.2, 0.25) is 0 Å². The summed E-state index contributed by atoms with van der Waals surface area (Å²) in [5.74, 6) is 0.974. The van der Waals surface area contributed by atoms with Gasteiger partial charge in [-0.1, -0.05) is 18.2 Å². The number of para-hydroxylation sites is 1. The van der Waals surface area contributed by atoms with Gasteiger partial charge in [0.2, 0.25) is 0 Å². The van der Waals surface area contributed by atoms with E-state index in [0.717, 1.165) is 25.3 Å². The highest BCUT2D eigenvalue weighted by Crippen LogP contribution is 2.18. The van der Waals surface area contributed by atoms with Crippen molar-refractivity contribution in [3.8, 4) is 0 Å². The van der Waals surface area contributed by atoms with Crippen LogP contribution in [0.1, 0.15) is 11.4 Å². The first kappa shape index (κ1) is 11.9. The predicted molar refractivity (Wildman–Crippen MR) is 74.8 cm³/mol. The van der Waals surface area contributed by atoms with E-state index in [9.17, 15) is 0 Å². The van der Waals surface area contributed by atoms with Gasteiger partial charge in [-0.15, -0.1) is 10.2 Å². The van der Waals surface area contributed by atoms with Gasteiger partial charge in [-0.05, 0) is 25.1 Å². The Balaban J connectivity index is 1.77. The number of H-pyrrole nitrogens is 1. The number of hydrogen-bond acceptors (Lipinski definition) is 3. The van der Waals surface area contributed by atoms with Gasteiger partial charge in [-0.2, -0.15) is 0 Å². The van der Waals surface area contributed by atoms with Crippen LogP contribution in [0, 0.1) is 0 Å². The molecule has 1 aromatic carbocycles. The zero-order valence-corrected chi connectivity index (χ0v) is 10.9. The van der Waals surface area contributed by atoms with Gasteiger partial charge in [0.05, 0.1) is 6.54 Å². The molecule has 0 saturated carbocycles. The highest BCUT2D eigenvalue weighted by molar-refractivity contribution is 5.82. The number of aryl methyl sites for hydroxylation is 2. The highest BCUT2D eigenvalue weighted by Gasteiger charge is 2.06. The number of hydrogen-bond donors (Lipinski definition) is 2. The maximum absolute atomic E-state index is 4.11. The molecule has 5 heteroatoms. The third-order valence-electron chi connectivity index (χ3n) is 3.33. The zero-order chi connectivity index (χ0) is 13.1. The van der Waals surface area contributed by atoms with E-state index in [1.54, 1.807) is 6.33 Å². The minimum atomic E-state index is 0.744. The zero-order valence-electron chi connectivity index (χ0n) is 10.9. The maximum atomic E-state index is 4.11. The Morgan fingerprint density at radius 3 is 3.11 bits per heavy atom. The number of aromatic amines is 1. The number of fused-ring (bicyclic) bond motifs is 1. The smallest absolute Gasteiger partial charge is 0.146 e. The largest absolute Gasteiger partial charge is 0.361 e. The Morgan fingerprint density at radius 1 is 1.32 bits per heavy atom. The second-order valence-corrected chi connectivity index (χ2v) is 4.58. The van der Waals surface area contributed by atoms with Crippen LogP contribution in [-0.4, -0.2) is 26.8 Å². The molecule has 0 atom stereocenters. The standard InChI is InChI=1S/C14H17N5/c1-15-9-14-18-17-10-19(14)7-6-11-8-16-13-5-3-2-4-12(11)13/h2-5,8,10,15-16H,6-7,9H2,1H3. The van der Waals surface area contributed by atoms with Crippen LogP contribution in [-0.2, 0) is 19.5 Å². The molecule has 3 rings (SSSR count). The first-order valence-electron chi connectivity index (χ1n) is 6.45. The number of nitrogens with zero attached hydrogens (tertiary/aromatic N) is 3. The Kier molecular flexibility index (Phi) is 3.29. The summed E-state index contributed by atoms with van der Waals surface area (Å²) in [7, 11) is 1.92. The van der Waals surface area contributed by atoms with Crippen molar-refractivity contribution in [2.75, 3.05) is 7.05 Å². The molecule has 0 saturated heterocycles. The molecule has 2 heterocycles. The Labute approximate surface area is 111 Å². The van der Waals surface area contributed by atoms with Crippen molar-refractivity contribution in [2.45, 2.75) is 19.5 Å². The summed E-state index contributed by atoms with van der Waals surface area (Å²) >= 11 is 0. The minimum Gasteiger partial charge on any atom is -0.361 e. The number of rotatable bonds is 5. The summed E-state index contributed by atoms with van der Waals surface area (Å²) in [6.45, 7) is 1.64. The summed E-state index contributed by atoms with van der Waals surface area (Å²) in [6, 6.07) is 8.38. The summed E-state index contributed by atoms with van der Waals surface area (Å²) < 4.78 is 2.10. The quantitative estimate of drug-likeness (QED) is 0.730. The van der Waals surface area contributed by atoms with Crippen LogP contribution < -0.4 is 5.32 Å². The van der Waals surface area contributed by atoms with Gasteiger partial charge in [0.25, 0.3) is 0 Å². The van der Waals surface area contributed by atoms with Gasteiger partial charge in [-0.3, -0.25) is 0 Å². The molecule has 3 aromatic rings. The molecule has 0 fully saturated rings. The van der Waals surface area contributed by atoms with E-state index in [-0.39, 0.29) is 0 Å². The van der Waals surface area contributed by atoms with E-state index in [2.05, 4.69) is 49.5 Å². The molecule has 5 nitrogen and oxygen atoms in total. The molecule has 0 amide bonds. The predicted octanol–water partition coefficient (Wildman–Crippen LogP) is 1.72. The second-order valence-electron chi connectivity index (χ2n) is 4.58. The van der Waals surface area contributed by atoms with E-state index in [1.807, 2.05) is 13.1 Å². The fraction of sp³-hybridized carbons (Fsp3) is 0.286. The minimum absolute atomic E-state index is 0.744. The van der Waals surface area contributed by atoms with Gasteiger partial charge in [-0.25, -0.2) is 0 Å². The van der Waals surface area contributed by atoms with E-state index in [1.165, 1.54) is 16.5 Å². The number of aromatic nitrogens is 4. The Morgan fingerprint density at radius 2 is 2.21 bits per heavy atom. The summed E-state index contributed by atoms with van der Waals surface area (Å²) in [4.78, 5) is 3.31. The van der Waals surface area contributed by atoms with Crippen LogP contribution in [0.3, 0.4) is 0 Å². The van der Waals surface area contributed by atoms with Gasteiger partial charge in [0.15, 0.2) is 0 Å². The molecule has 2 N–H and O–H groups in total. The first-order valence-corrected chi connectivity index (χ1v) is 6.45. The molecule has 0 bridgehead atoms.